The molecule has 5 nitrogen and oxygen atoms in total. The Morgan fingerprint density at radius 1 is 1.14 bits per heavy atom. The number of ether oxygens (including phenoxy) is 1. The maximum atomic E-state index is 12.3. The fourth-order valence-electron chi connectivity index (χ4n) is 2.64. The summed E-state index contributed by atoms with van der Waals surface area (Å²) in [7, 11) is 1.81. The molecule has 0 aromatic carbocycles. The molecule has 1 fully saturated rings. The van der Waals surface area contributed by atoms with E-state index < -0.39 is 12.1 Å². The molecule has 0 aliphatic carbocycles. The largest absolute Gasteiger partial charge is 0.448 e. The van der Waals surface area contributed by atoms with Crippen LogP contribution < -0.4 is 0 Å². The SMILES string of the molecule is Cc1ccc(C(=O)OC(C)C(=O)N2CCCCCC2)n1C. The first-order valence-electron chi connectivity index (χ1n) is 7.63. The first-order chi connectivity index (χ1) is 10.0. The van der Waals surface area contributed by atoms with E-state index in [1.807, 2.05) is 24.9 Å². The van der Waals surface area contributed by atoms with Gasteiger partial charge in [-0.15, -0.1) is 0 Å². The van der Waals surface area contributed by atoms with Crippen LogP contribution in [0, 0.1) is 6.92 Å². The van der Waals surface area contributed by atoms with Gasteiger partial charge in [-0.05, 0) is 38.8 Å². The number of carbonyl (C=O) groups is 2. The smallest absolute Gasteiger partial charge is 0.355 e. The van der Waals surface area contributed by atoms with Crippen LogP contribution in [0.5, 0.6) is 0 Å². The summed E-state index contributed by atoms with van der Waals surface area (Å²) >= 11 is 0. The van der Waals surface area contributed by atoms with E-state index in [1.165, 1.54) is 12.8 Å². The second kappa shape index (κ2) is 6.78. The summed E-state index contributed by atoms with van der Waals surface area (Å²) in [4.78, 5) is 26.3. The summed E-state index contributed by atoms with van der Waals surface area (Å²) in [5.74, 6) is -0.530. The number of rotatable bonds is 3. The highest BCUT2D eigenvalue weighted by Gasteiger charge is 2.25. The maximum absolute atomic E-state index is 12.3. The molecule has 0 saturated carbocycles. The predicted molar refractivity (Wildman–Crippen MR) is 80.1 cm³/mol. The minimum absolute atomic E-state index is 0.0869. The van der Waals surface area contributed by atoms with Crippen LogP contribution in [0.2, 0.25) is 0 Å². The molecule has 0 N–H and O–H groups in total. The van der Waals surface area contributed by atoms with Crippen LogP contribution in [-0.4, -0.2) is 40.5 Å². The van der Waals surface area contributed by atoms with E-state index in [2.05, 4.69) is 0 Å². The number of hydrogen-bond acceptors (Lipinski definition) is 3. The molecule has 1 aromatic rings. The van der Waals surface area contributed by atoms with Gasteiger partial charge in [0, 0.05) is 25.8 Å². The van der Waals surface area contributed by atoms with E-state index in [1.54, 1.807) is 17.6 Å². The molecular weight excluding hydrogens is 268 g/mol. The second-order valence-corrected chi connectivity index (χ2v) is 5.71. The first-order valence-corrected chi connectivity index (χ1v) is 7.63. The van der Waals surface area contributed by atoms with Gasteiger partial charge in [-0.1, -0.05) is 12.8 Å². The third-order valence-electron chi connectivity index (χ3n) is 4.13. The van der Waals surface area contributed by atoms with Gasteiger partial charge in [-0.3, -0.25) is 4.79 Å². The Bertz CT molecular complexity index is 514. The van der Waals surface area contributed by atoms with Gasteiger partial charge in [0.25, 0.3) is 5.91 Å². The third kappa shape index (κ3) is 3.65. The molecule has 0 radical (unpaired) electrons. The second-order valence-electron chi connectivity index (χ2n) is 5.71. The molecule has 1 unspecified atom stereocenters. The lowest BCUT2D eigenvalue weighted by Gasteiger charge is -2.24. The van der Waals surface area contributed by atoms with E-state index in [-0.39, 0.29) is 5.91 Å². The van der Waals surface area contributed by atoms with Crippen molar-refractivity contribution in [3.63, 3.8) is 0 Å². The Labute approximate surface area is 125 Å². The molecule has 0 bridgehead atoms. The molecule has 116 valence electrons. The molecule has 2 heterocycles. The Morgan fingerprint density at radius 3 is 2.29 bits per heavy atom. The fraction of sp³-hybridized carbons (Fsp3) is 0.625. The molecular formula is C16H24N2O3. The van der Waals surface area contributed by atoms with Crippen molar-refractivity contribution in [1.29, 1.82) is 0 Å². The summed E-state index contributed by atoms with van der Waals surface area (Å²) < 4.78 is 7.10. The highest BCUT2D eigenvalue weighted by Crippen LogP contribution is 2.13. The van der Waals surface area contributed by atoms with Crippen molar-refractivity contribution < 1.29 is 14.3 Å². The molecule has 1 atom stereocenters. The van der Waals surface area contributed by atoms with Crippen LogP contribution >= 0.6 is 0 Å². The normalized spacial score (nSPS) is 17.2. The monoisotopic (exact) mass is 292 g/mol. The number of aryl methyl sites for hydroxylation is 1. The zero-order valence-corrected chi connectivity index (χ0v) is 13.1. The minimum Gasteiger partial charge on any atom is -0.448 e. The number of amides is 1. The number of carbonyl (C=O) groups excluding carboxylic acids is 2. The average molecular weight is 292 g/mol. The van der Waals surface area contributed by atoms with Crippen LogP contribution in [-0.2, 0) is 16.6 Å². The zero-order valence-electron chi connectivity index (χ0n) is 13.1. The molecule has 5 heteroatoms. The topological polar surface area (TPSA) is 51.5 Å². The molecule has 2 rings (SSSR count). The van der Waals surface area contributed by atoms with Gasteiger partial charge >= 0.3 is 5.97 Å². The summed E-state index contributed by atoms with van der Waals surface area (Å²) in [6, 6.07) is 3.58. The summed E-state index contributed by atoms with van der Waals surface area (Å²) in [5, 5.41) is 0. The van der Waals surface area contributed by atoms with Gasteiger partial charge < -0.3 is 14.2 Å². The summed E-state index contributed by atoms with van der Waals surface area (Å²) in [5.41, 5.74) is 1.46. The van der Waals surface area contributed by atoms with Crippen molar-refractivity contribution in [1.82, 2.24) is 9.47 Å². The molecule has 1 saturated heterocycles. The third-order valence-corrected chi connectivity index (χ3v) is 4.13. The summed E-state index contributed by atoms with van der Waals surface area (Å²) in [6.07, 6.45) is 3.67. The van der Waals surface area contributed by atoms with Gasteiger partial charge in [0.05, 0.1) is 0 Å². The molecule has 0 spiro atoms. The Hall–Kier alpha value is -1.78. The Kier molecular flexibility index (Phi) is 5.04. The van der Waals surface area contributed by atoms with E-state index in [4.69, 9.17) is 4.74 Å². The highest BCUT2D eigenvalue weighted by molar-refractivity contribution is 5.91. The van der Waals surface area contributed by atoms with Crippen molar-refractivity contribution >= 4 is 11.9 Å². The molecule has 1 aliphatic rings. The highest BCUT2D eigenvalue weighted by atomic mass is 16.5. The number of esters is 1. The standard InChI is InChI=1S/C16H24N2O3/c1-12-8-9-14(17(12)3)16(20)21-13(2)15(19)18-10-6-4-5-7-11-18/h8-9,13H,4-7,10-11H2,1-3H3. The van der Waals surface area contributed by atoms with Crippen LogP contribution in [0.25, 0.3) is 0 Å². The average Bonchev–Trinajstić information content (AvgIpc) is 2.70. The van der Waals surface area contributed by atoms with E-state index in [0.29, 0.717) is 5.69 Å². The fourth-order valence-corrected chi connectivity index (χ4v) is 2.64. The number of likely N-dealkylation sites (tertiary alicyclic amines) is 1. The molecule has 1 aromatic heterocycles. The number of hydrogen-bond donors (Lipinski definition) is 0. The lowest BCUT2D eigenvalue weighted by molar-refractivity contribution is -0.139. The Morgan fingerprint density at radius 2 is 1.76 bits per heavy atom. The minimum atomic E-state index is -0.731. The predicted octanol–water partition coefficient (Wildman–Crippen LogP) is 2.28. The van der Waals surface area contributed by atoms with Gasteiger partial charge in [0.15, 0.2) is 6.10 Å². The van der Waals surface area contributed by atoms with Crippen molar-refractivity contribution in [3.05, 3.63) is 23.5 Å². The van der Waals surface area contributed by atoms with Crippen molar-refractivity contribution in [3.8, 4) is 0 Å². The van der Waals surface area contributed by atoms with Crippen LogP contribution in [0.15, 0.2) is 12.1 Å². The molecule has 1 amide bonds. The molecule has 21 heavy (non-hydrogen) atoms. The van der Waals surface area contributed by atoms with Crippen molar-refractivity contribution in [2.75, 3.05) is 13.1 Å². The maximum Gasteiger partial charge on any atom is 0.355 e. The van der Waals surface area contributed by atoms with Crippen LogP contribution in [0.3, 0.4) is 0 Å². The molecule has 1 aliphatic heterocycles. The van der Waals surface area contributed by atoms with E-state index in [9.17, 15) is 9.59 Å². The first kappa shape index (κ1) is 15.6. The Balaban J connectivity index is 1.96. The van der Waals surface area contributed by atoms with Gasteiger partial charge in [0.2, 0.25) is 0 Å². The van der Waals surface area contributed by atoms with Gasteiger partial charge in [-0.2, -0.15) is 0 Å². The number of nitrogens with zero attached hydrogens (tertiary/aromatic N) is 2. The lowest BCUT2D eigenvalue weighted by Crippen LogP contribution is -2.40. The van der Waals surface area contributed by atoms with Crippen molar-refractivity contribution in [2.24, 2.45) is 7.05 Å². The lowest BCUT2D eigenvalue weighted by atomic mass is 10.2. The zero-order chi connectivity index (χ0) is 15.4. The van der Waals surface area contributed by atoms with Crippen molar-refractivity contribution in [2.45, 2.75) is 45.6 Å². The number of aromatic nitrogens is 1. The van der Waals surface area contributed by atoms with Crippen LogP contribution in [0.1, 0.15) is 48.8 Å². The summed E-state index contributed by atoms with van der Waals surface area (Å²) in [6.45, 7) is 5.11. The van der Waals surface area contributed by atoms with Crippen LogP contribution in [0.4, 0.5) is 0 Å². The van der Waals surface area contributed by atoms with E-state index >= 15 is 0 Å². The van der Waals surface area contributed by atoms with E-state index in [0.717, 1.165) is 31.6 Å². The van der Waals surface area contributed by atoms with Gasteiger partial charge in [0.1, 0.15) is 5.69 Å². The van der Waals surface area contributed by atoms with Gasteiger partial charge in [-0.25, -0.2) is 4.79 Å². The quantitative estimate of drug-likeness (QED) is 0.803.